The number of nitrogens with zero attached hydrogens (tertiary/aromatic N) is 3. The lowest BCUT2D eigenvalue weighted by Gasteiger charge is -2.45. The molecule has 4 rings (SSSR count). The van der Waals surface area contributed by atoms with E-state index >= 15 is 0 Å². The maximum atomic E-state index is 14.0. The fourth-order valence-electron chi connectivity index (χ4n) is 5.14. The Kier molecular flexibility index (Phi) is 6.22. The van der Waals surface area contributed by atoms with Crippen molar-refractivity contribution in [1.82, 2.24) is 14.1 Å². The second-order valence-corrected chi connectivity index (χ2v) is 10.4. The van der Waals surface area contributed by atoms with Crippen LogP contribution >= 0.6 is 0 Å². The highest BCUT2D eigenvalue weighted by molar-refractivity contribution is 7.89. The minimum Gasteiger partial charge on any atom is -0.338 e. The second-order valence-electron chi connectivity index (χ2n) is 8.45. The molecule has 1 amide bonds. The van der Waals surface area contributed by atoms with Gasteiger partial charge in [-0.1, -0.05) is 25.0 Å². The normalized spacial score (nSPS) is 26.9. The first kappa shape index (κ1) is 20.8. The third-order valence-corrected chi connectivity index (χ3v) is 8.64. The SMILES string of the molecule is O=C(CN1CCN(S(=O)(=O)c2ccccc2F)CC1)N1CCC[C@@H]2CCCC[C@H]21. The molecule has 1 aromatic rings. The Hall–Kier alpha value is -1.51. The van der Waals surface area contributed by atoms with Gasteiger partial charge in [0.1, 0.15) is 10.7 Å². The van der Waals surface area contributed by atoms with Gasteiger partial charge in [0.05, 0.1) is 6.54 Å². The van der Waals surface area contributed by atoms with Crippen LogP contribution in [-0.2, 0) is 14.8 Å². The van der Waals surface area contributed by atoms with E-state index in [9.17, 15) is 17.6 Å². The number of piperazine rings is 1. The van der Waals surface area contributed by atoms with E-state index in [1.807, 2.05) is 4.90 Å². The Morgan fingerprint density at radius 2 is 1.66 bits per heavy atom. The number of likely N-dealkylation sites (tertiary alicyclic amines) is 1. The van der Waals surface area contributed by atoms with Crippen molar-refractivity contribution >= 4 is 15.9 Å². The Balaban J connectivity index is 1.34. The minimum absolute atomic E-state index is 0.173. The molecule has 0 radical (unpaired) electrons. The summed E-state index contributed by atoms with van der Waals surface area (Å²) in [4.78, 5) is 16.8. The summed E-state index contributed by atoms with van der Waals surface area (Å²) in [6, 6.07) is 5.88. The molecule has 3 aliphatic rings. The highest BCUT2D eigenvalue weighted by Gasteiger charge is 2.37. The van der Waals surface area contributed by atoms with Crippen LogP contribution in [0.5, 0.6) is 0 Å². The third-order valence-electron chi connectivity index (χ3n) is 6.71. The Morgan fingerprint density at radius 1 is 0.966 bits per heavy atom. The molecule has 2 heterocycles. The summed E-state index contributed by atoms with van der Waals surface area (Å²) >= 11 is 0. The third kappa shape index (κ3) is 4.34. The van der Waals surface area contributed by atoms with Gasteiger partial charge < -0.3 is 4.90 Å². The lowest BCUT2D eigenvalue weighted by atomic mass is 9.78. The molecule has 0 bridgehead atoms. The average Bonchev–Trinajstić information content (AvgIpc) is 2.74. The lowest BCUT2D eigenvalue weighted by Crippen LogP contribution is -2.55. The smallest absolute Gasteiger partial charge is 0.246 e. The largest absolute Gasteiger partial charge is 0.338 e. The summed E-state index contributed by atoms with van der Waals surface area (Å²) in [6.45, 7) is 2.72. The van der Waals surface area contributed by atoms with Gasteiger partial charge in [0.25, 0.3) is 0 Å². The van der Waals surface area contributed by atoms with E-state index in [0.717, 1.165) is 19.4 Å². The number of fused-ring (bicyclic) bond motifs is 1. The van der Waals surface area contributed by atoms with Crippen molar-refractivity contribution in [3.8, 4) is 0 Å². The van der Waals surface area contributed by atoms with Gasteiger partial charge in [0.15, 0.2) is 0 Å². The van der Waals surface area contributed by atoms with Gasteiger partial charge in [0.2, 0.25) is 15.9 Å². The van der Waals surface area contributed by atoms with Crippen molar-refractivity contribution in [1.29, 1.82) is 0 Å². The van der Waals surface area contributed by atoms with Crippen LogP contribution in [0.3, 0.4) is 0 Å². The molecule has 0 N–H and O–H groups in total. The quantitative estimate of drug-likeness (QED) is 0.746. The van der Waals surface area contributed by atoms with Crippen LogP contribution in [0.4, 0.5) is 4.39 Å². The molecule has 0 aromatic heterocycles. The van der Waals surface area contributed by atoms with Crippen molar-refractivity contribution in [2.75, 3.05) is 39.3 Å². The summed E-state index contributed by atoms with van der Waals surface area (Å²) in [5.41, 5.74) is 0. The highest BCUT2D eigenvalue weighted by atomic mass is 32.2. The molecule has 1 saturated carbocycles. The molecule has 2 aliphatic heterocycles. The second kappa shape index (κ2) is 8.70. The lowest BCUT2D eigenvalue weighted by molar-refractivity contribution is -0.139. The van der Waals surface area contributed by atoms with Crippen LogP contribution in [0.2, 0.25) is 0 Å². The summed E-state index contributed by atoms with van der Waals surface area (Å²) in [7, 11) is -3.84. The van der Waals surface area contributed by atoms with Crippen LogP contribution in [0.15, 0.2) is 29.2 Å². The van der Waals surface area contributed by atoms with E-state index in [-0.39, 0.29) is 23.9 Å². The molecule has 160 valence electrons. The molecular formula is C21H30FN3O3S. The van der Waals surface area contributed by atoms with Gasteiger partial charge in [-0.05, 0) is 43.7 Å². The summed E-state index contributed by atoms with van der Waals surface area (Å²) in [5.74, 6) is 0.105. The number of hydrogen-bond acceptors (Lipinski definition) is 4. The number of sulfonamides is 1. The molecule has 2 atom stereocenters. The van der Waals surface area contributed by atoms with Gasteiger partial charge >= 0.3 is 0 Å². The van der Waals surface area contributed by atoms with E-state index in [1.165, 1.54) is 54.3 Å². The molecule has 3 fully saturated rings. The molecule has 1 aliphatic carbocycles. The zero-order valence-electron chi connectivity index (χ0n) is 16.8. The van der Waals surface area contributed by atoms with Crippen molar-refractivity contribution in [3.63, 3.8) is 0 Å². The molecule has 6 nitrogen and oxygen atoms in total. The van der Waals surface area contributed by atoms with Gasteiger partial charge in [-0.25, -0.2) is 12.8 Å². The number of benzene rings is 1. The Morgan fingerprint density at radius 3 is 2.41 bits per heavy atom. The standard InChI is InChI=1S/C21H30FN3O3S/c22-18-8-2-4-10-20(18)29(27,28)24-14-12-23(13-15-24)16-21(26)25-11-5-7-17-6-1-3-9-19(17)25/h2,4,8,10,17,19H,1,3,5-7,9,11-16H2/t17-,19+/m0/s1. The number of carbonyl (C=O) groups is 1. The number of hydrogen-bond donors (Lipinski definition) is 0. The van der Waals surface area contributed by atoms with E-state index in [0.29, 0.717) is 31.6 Å². The molecule has 29 heavy (non-hydrogen) atoms. The number of halogens is 1. The zero-order valence-corrected chi connectivity index (χ0v) is 17.6. The number of carbonyl (C=O) groups excluding carboxylic acids is 1. The Labute approximate surface area is 172 Å². The van der Waals surface area contributed by atoms with Crippen molar-refractivity contribution in [3.05, 3.63) is 30.1 Å². The molecule has 1 aromatic carbocycles. The molecule has 0 spiro atoms. The number of piperidine rings is 1. The molecular weight excluding hydrogens is 393 g/mol. The summed E-state index contributed by atoms with van der Waals surface area (Å²) in [6.07, 6.45) is 7.16. The first-order valence-electron chi connectivity index (χ1n) is 10.7. The van der Waals surface area contributed by atoms with E-state index < -0.39 is 15.8 Å². The maximum absolute atomic E-state index is 14.0. The van der Waals surface area contributed by atoms with Crippen molar-refractivity contribution in [2.45, 2.75) is 49.5 Å². The molecule has 8 heteroatoms. The maximum Gasteiger partial charge on any atom is 0.246 e. The van der Waals surface area contributed by atoms with Crippen LogP contribution in [0.25, 0.3) is 0 Å². The van der Waals surface area contributed by atoms with Gasteiger partial charge in [0, 0.05) is 38.8 Å². The van der Waals surface area contributed by atoms with E-state index in [4.69, 9.17) is 0 Å². The topological polar surface area (TPSA) is 60.9 Å². The van der Waals surface area contributed by atoms with Gasteiger partial charge in [-0.15, -0.1) is 0 Å². The Bertz CT molecular complexity index is 837. The minimum atomic E-state index is -3.84. The van der Waals surface area contributed by atoms with Gasteiger partial charge in [-0.3, -0.25) is 9.69 Å². The van der Waals surface area contributed by atoms with Crippen LogP contribution in [-0.4, -0.2) is 73.7 Å². The van der Waals surface area contributed by atoms with Crippen molar-refractivity contribution in [2.24, 2.45) is 5.92 Å². The molecule has 2 saturated heterocycles. The average molecular weight is 424 g/mol. The first-order chi connectivity index (χ1) is 14.0. The first-order valence-corrected chi connectivity index (χ1v) is 12.2. The number of rotatable bonds is 4. The predicted octanol–water partition coefficient (Wildman–Crippen LogP) is 2.31. The fraction of sp³-hybridized carbons (Fsp3) is 0.667. The fourth-order valence-corrected chi connectivity index (χ4v) is 6.62. The van der Waals surface area contributed by atoms with Gasteiger partial charge in [-0.2, -0.15) is 4.31 Å². The number of amides is 1. The summed E-state index contributed by atoms with van der Waals surface area (Å²) < 4.78 is 40.8. The zero-order chi connectivity index (χ0) is 20.4. The van der Waals surface area contributed by atoms with Crippen LogP contribution < -0.4 is 0 Å². The van der Waals surface area contributed by atoms with Crippen LogP contribution in [0.1, 0.15) is 38.5 Å². The van der Waals surface area contributed by atoms with E-state index in [1.54, 1.807) is 0 Å². The van der Waals surface area contributed by atoms with Crippen LogP contribution in [0, 0.1) is 11.7 Å². The van der Waals surface area contributed by atoms with E-state index in [2.05, 4.69) is 4.90 Å². The molecule has 0 unspecified atom stereocenters. The predicted molar refractivity (Wildman–Crippen MR) is 108 cm³/mol. The van der Waals surface area contributed by atoms with Crippen molar-refractivity contribution < 1.29 is 17.6 Å². The monoisotopic (exact) mass is 423 g/mol. The summed E-state index contributed by atoms with van der Waals surface area (Å²) in [5, 5.41) is 0. The highest BCUT2D eigenvalue weighted by Crippen LogP contribution is 2.35.